The molecule has 1 aliphatic rings. The van der Waals surface area contributed by atoms with Gasteiger partial charge in [-0.15, -0.1) is 6.58 Å². The van der Waals surface area contributed by atoms with Gasteiger partial charge in [0.2, 0.25) is 0 Å². The lowest BCUT2D eigenvalue weighted by molar-refractivity contribution is -0.169. The van der Waals surface area contributed by atoms with Gasteiger partial charge in [-0.2, -0.15) is 0 Å². The second-order valence-electron chi connectivity index (χ2n) is 4.86. The number of ether oxygens (including phenoxy) is 4. The lowest BCUT2D eigenvalue weighted by atomic mass is 10.1. The summed E-state index contributed by atoms with van der Waals surface area (Å²) in [5.74, 6) is 0. The molecule has 21 heavy (non-hydrogen) atoms. The van der Waals surface area contributed by atoms with Gasteiger partial charge in [-0.3, -0.25) is 0 Å². The molecule has 1 aliphatic heterocycles. The lowest BCUT2D eigenvalue weighted by Crippen LogP contribution is -2.37. The van der Waals surface area contributed by atoms with E-state index in [4.69, 9.17) is 18.9 Å². The zero-order chi connectivity index (χ0) is 15.1. The summed E-state index contributed by atoms with van der Waals surface area (Å²) in [7, 11) is 1.53. The van der Waals surface area contributed by atoms with E-state index in [1.165, 1.54) is 7.11 Å². The summed E-state index contributed by atoms with van der Waals surface area (Å²) in [6.45, 7) is 4.66. The van der Waals surface area contributed by atoms with Crippen LogP contribution in [-0.4, -0.2) is 50.0 Å². The minimum absolute atomic E-state index is 0.276. The zero-order valence-corrected chi connectivity index (χ0v) is 12.2. The molecule has 1 aromatic rings. The summed E-state index contributed by atoms with van der Waals surface area (Å²) in [4.78, 5) is 0. The van der Waals surface area contributed by atoms with E-state index in [9.17, 15) is 5.11 Å². The molecule has 1 aromatic carbocycles. The first-order valence-electron chi connectivity index (χ1n) is 6.96. The van der Waals surface area contributed by atoms with Crippen molar-refractivity contribution >= 4 is 0 Å². The van der Waals surface area contributed by atoms with Gasteiger partial charge in [0.05, 0.1) is 19.8 Å². The first-order valence-corrected chi connectivity index (χ1v) is 6.96. The predicted molar refractivity (Wildman–Crippen MR) is 77.7 cm³/mol. The number of methoxy groups -OCH3 is 1. The van der Waals surface area contributed by atoms with Gasteiger partial charge in [0.25, 0.3) is 0 Å². The fourth-order valence-corrected chi connectivity index (χ4v) is 2.24. The van der Waals surface area contributed by atoms with E-state index in [-0.39, 0.29) is 6.61 Å². The molecule has 1 heterocycles. The highest BCUT2D eigenvalue weighted by molar-refractivity contribution is 5.13. The maximum absolute atomic E-state index is 10.3. The van der Waals surface area contributed by atoms with Crippen LogP contribution < -0.4 is 0 Å². The summed E-state index contributed by atoms with van der Waals surface area (Å²) in [5, 5.41) is 10.3. The molecule has 0 saturated carbocycles. The summed E-state index contributed by atoms with van der Waals surface area (Å²) >= 11 is 0. The second-order valence-corrected chi connectivity index (χ2v) is 4.86. The van der Waals surface area contributed by atoms with Crippen LogP contribution in [0.5, 0.6) is 0 Å². The van der Waals surface area contributed by atoms with Crippen molar-refractivity contribution < 1.29 is 24.1 Å². The first-order chi connectivity index (χ1) is 10.3. The third kappa shape index (κ3) is 4.36. The predicted octanol–water partition coefficient (Wildman–Crippen LogP) is 1.51. The maximum atomic E-state index is 10.3. The Morgan fingerprint density at radius 2 is 2.10 bits per heavy atom. The molecule has 0 amide bonds. The summed E-state index contributed by atoms with van der Waals surface area (Å²) in [6.07, 6.45) is -0.730. The molecule has 5 heteroatoms. The SMILES string of the molecule is C=CCOC[C@H]1O[C@H](OC)[C@@H](OCc2ccccc2)[C@H]1O. The van der Waals surface area contributed by atoms with Crippen molar-refractivity contribution in [3.05, 3.63) is 48.6 Å². The minimum atomic E-state index is -0.788. The Balaban J connectivity index is 1.89. The van der Waals surface area contributed by atoms with Crippen molar-refractivity contribution in [2.24, 2.45) is 0 Å². The van der Waals surface area contributed by atoms with Crippen LogP contribution >= 0.6 is 0 Å². The van der Waals surface area contributed by atoms with Crippen LogP contribution in [0.4, 0.5) is 0 Å². The highest BCUT2D eigenvalue weighted by Gasteiger charge is 2.44. The molecule has 0 bridgehead atoms. The molecule has 0 unspecified atom stereocenters. The molecule has 1 saturated heterocycles. The number of hydrogen-bond acceptors (Lipinski definition) is 5. The maximum Gasteiger partial charge on any atom is 0.186 e. The van der Waals surface area contributed by atoms with Crippen molar-refractivity contribution in [2.75, 3.05) is 20.3 Å². The van der Waals surface area contributed by atoms with E-state index in [1.807, 2.05) is 30.3 Å². The molecule has 0 radical (unpaired) electrons. The van der Waals surface area contributed by atoms with Crippen molar-refractivity contribution in [3.8, 4) is 0 Å². The third-order valence-corrected chi connectivity index (χ3v) is 3.33. The Hall–Kier alpha value is -1.24. The Bertz CT molecular complexity index is 422. The van der Waals surface area contributed by atoms with Gasteiger partial charge in [-0.25, -0.2) is 0 Å². The van der Waals surface area contributed by atoms with Crippen LogP contribution in [0.25, 0.3) is 0 Å². The lowest BCUT2D eigenvalue weighted by Gasteiger charge is -2.19. The van der Waals surface area contributed by atoms with E-state index in [2.05, 4.69) is 6.58 Å². The molecule has 1 fully saturated rings. The van der Waals surface area contributed by atoms with E-state index < -0.39 is 24.6 Å². The number of rotatable bonds is 8. The monoisotopic (exact) mass is 294 g/mol. The fraction of sp³-hybridized carbons (Fsp3) is 0.500. The van der Waals surface area contributed by atoms with Crippen molar-refractivity contribution in [1.82, 2.24) is 0 Å². The van der Waals surface area contributed by atoms with Gasteiger partial charge in [-0.1, -0.05) is 36.4 Å². The number of aliphatic hydroxyl groups excluding tert-OH is 1. The number of hydrogen-bond donors (Lipinski definition) is 1. The topological polar surface area (TPSA) is 57.2 Å². The quantitative estimate of drug-likeness (QED) is 0.582. The Labute approximate surface area is 125 Å². The van der Waals surface area contributed by atoms with E-state index in [0.717, 1.165) is 5.56 Å². The fourth-order valence-electron chi connectivity index (χ4n) is 2.24. The van der Waals surface area contributed by atoms with Crippen LogP contribution in [0.2, 0.25) is 0 Å². The van der Waals surface area contributed by atoms with Gasteiger partial charge in [0.1, 0.15) is 18.3 Å². The Morgan fingerprint density at radius 3 is 2.76 bits per heavy atom. The molecule has 2 rings (SSSR count). The van der Waals surface area contributed by atoms with Crippen LogP contribution in [0.15, 0.2) is 43.0 Å². The average Bonchev–Trinajstić information content (AvgIpc) is 2.82. The number of benzene rings is 1. The number of aliphatic hydroxyl groups is 1. The standard InChI is InChI=1S/C16H22O5/c1-3-9-19-11-13-14(17)15(16(18-2)21-13)20-10-12-7-5-4-6-8-12/h3-8,13-17H,1,9-11H2,2H3/t13-,14+,15+,16+/m1/s1. The van der Waals surface area contributed by atoms with Crippen molar-refractivity contribution in [2.45, 2.75) is 31.2 Å². The molecular formula is C16H22O5. The summed E-state index contributed by atoms with van der Waals surface area (Å²) in [5.41, 5.74) is 1.03. The third-order valence-electron chi connectivity index (χ3n) is 3.33. The minimum Gasteiger partial charge on any atom is -0.387 e. The van der Waals surface area contributed by atoms with Crippen LogP contribution in [-0.2, 0) is 25.6 Å². The molecular weight excluding hydrogens is 272 g/mol. The Morgan fingerprint density at radius 1 is 1.33 bits per heavy atom. The highest BCUT2D eigenvalue weighted by atomic mass is 16.7. The summed E-state index contributed by atoms with van der Waals surface area (Å²) in [6, 6.07) is 9.77. The van der Waals surface area contributed by atoms with Crippen LogP contribution in [0.1, 0.15) is 5.56 Å². The van der Waals surface area contributed by atoms with E-state index in [1.54, 1.807) is 6.08 Å². The van der Waals surface area contributed by atoms with Gasteiger partial charge in [-0.05, 0) is 5.56 Å². The molecule has 5 nitrogen and oxygen atoms in total. The van der Waals surface area contributed by atoms with Crippen LogP contribution in [0, 0.1) is 0 Å². The second kappa shape index (κ2) is 8.26. The summed E-state index contributed by atoms with van der Waals surface area (Å²) < 4.78 is 21.9. The van der Waals surface area contributed by atoms with Crippen molar-refractivity contribution in [3.63, 3.8) is 0 Å². The molecule has 0 aromatic heterocycles. The van der Waals surface area contributed by atoms with E-state index in [0.29, 0.717) is 13.2 Å². The van der Waals surface area contributed by atoms with Gasteiger partial charge >= 0.3 is 0 Å². The molecule has 4 atom stereocenters. The first kappa shape index (κ1) is 16.1. The normalized spacial score (nSPS) is 28.7. The van der Waals surface area contributed by atoms with Crippen LogP contribution in [0.3, 0.4) is 0 Å². The van der Waals surface area contributed by atoms with Gasteiger partial charge < -0.3 is 24.1 Å². The average molecular weight is 294 g/mol. The van der Waals surface area contributed by atoms with E-state index >= 15 is 0 Å². The van der Waals surface area contributed by atoms with Crippen molar-refractivity contribution in [1.29, 1.82) is 0 Å². The smallest absolute Gasteiger partial charge is 0.186 e. The molecule has 0 aliphatic carbocycles. The zero-order valence-electron chi connectivity index (χ0n) is 12.2. The Kier molecular flexibility index (Phi) is 6.35. The highest BCUT2D eigenvalue weighted by Crippen LogP contribution is 2.25. The molecule has 0 spiro atoms. The molecule has 116 valence electrons. The van der Waals surface area contributed by atoms with Gasteiger partial charge in [0.15, 0.2) is 6.29 Å². The largest absolute Gasteiger partial charge is 0.387 e. The molecule has 1 N–H and O–H groups in total. The van der Waals surface area contributed by atoms with Gasteiger partial charge in [0, 0.05) is 7.11 Å².